The highest BCUT2D eigenvalue weighted by molar-refractivity contribution is 6.18. The number of rotatable bonds is 4. The van der Waals surface area contributed by atoms with Crippen LogP contribution in [0.2, 0.25) is 0 Å². The van der Waals surface area contributed by atoms with Gasteiger partial charge in [0.2, 0.25) is 0 Å². The van der Waals surface area contributed by atoms with Crippen molar-refractivity contribution in [3.05, 3.63) is 163 Å². The second-order valence-corrected chi connectivity index (χ2v) is 13.3. The number of furan rings is 2. The van der Waals surface area contributed by atoms with E-state index in [2.05, 4.69) is 164 Å². The first-order valence-electron chi connectivity index (χ1n) is 16.5. The smallest absolute Gasteiger partial charge is 0.137 e. The van der Waals surface area contributed by atoms with Gasteiger partial charge in [0.1, 0.15) is 22.3 Å². The first-order chi connectivity index (χ1) is 23.5. The monoisotopic (exact) mass is 617 g/mol. The molecular formula is C45H31NO2. The third-order valence-electron chi connectivity index (χ3n) is 10.3. The molecule has 0 atom stereocenters. The number of benzene rings is 7. The molecule has 0 fully saturated rings. The Labute approximate surface area is 278 Å². The van der Waals surface area contributed by atoms with Gasteiger partial charge in [-0.2, -0.15) is 0 Å². The van der Waals surface area contributed by atoms with Crippen LogP contribution in [0.25, 0.3) is 66.1 Å². The molecule has 1 aliphatic rings. The normalized spacial score (nSPS) is 13.4. The van der Waals surface area contributed by atoms with Crippen molar-refractivity contribution in [2.24, 2.45) is 0 Å². The summed E-state index contributed by atoms with van der Waals surface area (Å²) in [7, 11) is 0. The quantitative estimate of drug-likeness (QED) is 0.197. The van der Waals surface area contributed by atoms with Crippen LogP contribution in [0.3, 0.4) is 0 Å². The molecule has 228 valence electrons. The van der Waals surface area contributed by atoms with Crippen LogP contribution in [0.1, 0.15) is 25.0 Å². The van der Waals surface area contributed by atoms with E-state index in [-0.39, 0.29) is 5.41 Å². The van der Waals surface area contributed by atoms with Gasteiger partial charge in [0.15, 0.2) is 0 Å². The van der Waals surface area contributed by atoms with Crippen molar-refractivity contribution in [1.29, 1.82) is 0 Å². The van der Waals surface area contributed by atoms with Gasteiger partial charge in [0.05, 0.1) is 11.1 Å². The summed E-state index contributed by atoms with van der Waals surface area (Å²) in [6.45, 7) is 4.67. The van der Waals surface area contributed by atoms with Crippen LogP contribution < -0.4 is 4.90 Å². The fourth-order valence-corrected chi connectivity index (χ4v) is 7.91. The lowest BCUT2D eigenvalue weighted by Crippen LogP contribution is -2.16. The van der Waals surface area contributed by atoms with Gasteiger partial charge in [-0.05, 0) is 94.0 Å². The Bertz CT molecular complexity index is 2700. The highest BCUT2D eigenvalue weighted by Gasteiger charge is 2.36. The summed E-state index contributed by atoms with van der Waals surface area (Å²) in [5, 5.41) is 4.23. The molecule has 0 amide bonds. The Kier molecular flexibility index (Phi) is 5.63. The lowest BCUT2D eigenvalue weighted by atomic mass is 9.82. The van der Waals surface area contributed by atoms with Crippen molar-refractivity contribution < 1.29 is 8.83 Å². The Morgan fingerprint density at radius 1 is 0.438 bits per heavy atom. The molecule has 0 unspecified atom stereocenters. The number of hydrogen-bond donors (Lipinski definition) is 0. The summed E-state index contributed by atoms with van der Waals surface area (Å²) in [5.41, 5.74) is 14.2. The van der Waals surface area contributed by atoms with Crippen LogP contribution in [0, 0.1) is 0 Å². The first-order valence-corrected chi connectivity index (χ1v) is 16.5. The van der Waals surface area contributed by atoms with E-state index >= 15 is 0 Å². The lowest BCUT2D eigenvalue weighted by molar-refractivity contribution is 0.660. The van der Waals surface area contributed by atoms with Crippen molar-refractivity contribution in [3.63, 3.8) is 0 Å². The number of fused-ring (bicyclic) bond motifs is 9. The van der Waals surface area contributed by atoms with Crippen LogP contribution in [-0.2, 0) is 5.41 Å². The van der Waals surface area contributed by atoms with Gasteiger partial charge in [-0.3, -0.25) is 0 Å². The molecule has 1 aliphatic carbocycles. The third-order valence-corrected chi connectivity index (χ3v) is 10.3. The van der Waals surface area contributed by atoms with Crippen LogP contribution in [0.4, 0.5) is 17.1 Å². The summed E-state index contributed by atoms with van der Waals surface area (Å²) >= 11 is 0. The summed E-state index contributed by atoms with van der Waals surface area (Å²) in [4.78, 5) is 2.37. The van der Waals surface area contributed by atoms with Gasteiger partial charge in [-0.1, -0.05) is 105 Å². The molecule has 2 heterocycles. The maximum atomic E-state index is 6.62. The number of nitrogens with zero attached hydrogens (tertiary/aromatic N) is 1. The molecule has 0 aliphatic heterocycles. The second-order valence-electron chi connectivity index (χ2n) is 13.3. The van der Waals surface area contributed by atoms with Gasteiger partial charge >= 0.3 is 0 Å². The summed E-state index contributed by atoms with van der Waals surface area (Å²) < 4.78 is 13.2. The zero-order valence-electron chi connectivity index (χ0n) is 26.7. The summed E-state index contributed by atoms with van der Waals surface area (Å²) in [6.07, 6.45) is 0. The largest absolute Gasteiger partial charge is 0.456 e. The average Bonchev–Trinajstić information content (AvgIpc) is 3.75. The standard InChI is InChI=1S/C45H31NO2/c1-45(2)37-17-10-9-16-32(37)33-23-21-31(25-38(33)45)46(30-14-7-4-8-15-30)39-18-11-19-40-44(39)36-27-42-35(26-43(36)47-40)34-22-20-29(24-41(34)48-42)28-12-5-3-6-13-28/h3-27H,1-2H3. The number of hydrogen-bond acceptors (Lipinski definition) is 3. The molecule has 3 nitrogen and oxygen atoms in total. The minimum atomic E-state index is -0.105. The lowest BCUT2D eigenvalue weighted by Gasteiger charge is -2.28. The van der Waals surface area contributed by atoms with Crippen molar-refractivity contribution in [1.82, 2.24) is 0 Å². The third kappa shape index (κ3) is 3.88. The molecule has 10 rings (SSSR count). The number of anilines is 3. The molecule has 48 heavy (non-hydrogen) atoms. The maximum absolute atomic E-state index is 6.62. The van der Waals surface area contributed by atoms with E-state index in [0.717, 1.165) is 66.5 Å². The molecule has 3 heteroatoms. The molecule has 0 saturated heterocycles. The van der Waals surface area contributed by atoms with Gasteiger partial charge in [-0.15, -0.1) is 0 Å². The zero-order valence-corrected chi connectivity index (χ0v) is 26.7. The van der Waals surface area contributed by atoms with Crippen LogP contribution >= 0.6 is 0 Å². The van der Waals surface area contributed by atoms with Crippen molar-refractivity contribution in [3.8, 4) is 22.3 Å². The fourth-order valence-electron chi connectivity index (χ4n) is 7.91. The van der Waals surface area contributed by atoms with Gasteiger partial charge < -0.3 is 13.7 Å². The minimum Gasteiger partial charge on any atom is -0.456 e. The first kappa shape index (κ1) is 27.1. The van der Waals surface area contributed by atoms with Crippen LogP contribution in [-0.4, -0.2) is 0 Å². The average molecular weight is 618 g/mol. The zero-order chi connectivity index (χ0) is 32.0. The van der Waals surface area contributed by atoms with E-state index in [1.807, 2.05) is 6.07 Å². The molecule has 0 bridgehead atoms. The van der Waals surface area contributed by atoms with E-state index in [4.69, 9.17) is 8.83 Å². The molecule has 0 spiro atoms. The summed E-state index contributed by atoms with van der Waals surface area (Å²) in [5.74, 6) is 0. The molecule has 0 N–H and O–H groups in total. The number of para-hydroxylation sites is 1. The molecule has 0 radical (unpaired) electrons. The van der Waals surface area contributed by atoms with Crippen molar-refractivity contribution in [2.75, 3.05) is 4.90 Å². The molecule has 2 aromatic heterocycles. The SMILES string of the molecule is CC1(C)c2ccccc2-c2ccc(N(c3ccccc3)c3cccc4oc5cc6c(cc5c34)oc3cc(-c4ccccc4)ccc36)cc21. The topological polar surface area (TPSA) is 29.5 Å². The fraction of sp³-hybridized carbons (Fsp3) is 0.0667. The Morgan fingerprint density at radius 3 is 1.98 bits per heavy atom. The second kappa shape index (κ2) is 9.97. The van der Waals surface area contributed by atoms with E-state index in [0.29, 0.717) is 0 Å². The van der Waals surface area contributed by atoms with Crippen molar-refractivity contribution >= 4 is 60.9 Å². The van der Waals surface area contributed by atoms with E-state index in [1.165, 1.54) is 27.8 Å². The molecular weight excluding hydrogens is 587 g/mol. The van der Waals surface area contributed by atoms with Crippen LogP contribution in [0.15, 0.2) is 160 Å². The Hall–Kier alpha value is -6.06. The molecule has 7 aromatic carbocycles. The Morgan fingerprint density at radius 2 is 1.12 bits per heavy atom. The van der Waals surface area contributed by atoms with E-state index in [1.54, 1.807) is 0 Å². The van der Waals surface area contributed by atoms with E-state index < -0.39 is 0 Å². The Balaban J connectivity index is 1.18. The van der Waals surface area contributed by atoms with E-state index in [9.17, 15) is 0 Å². The molecule has 9 aromatic rings. The highest BCUT2D eigenvalue weighted by atomic mass is 16.3. The predicted molar refractivity (Wildman–Crippen MR) is 199 cm³/mol. The van der Waals surface area contributed by atoms with Gasteiger partial charge in [0, 0.05) is 32.9 Å². The van der Waals surface area contributed by atoms with Gasteiger partial charge in [0.25, 0.3) is 0 Å². The summed E-state index contributed by atoms with van der Waals surface area (Å²) in [6, 6.07) is 53.9. The molecule has 0 saturated carbocycles. The van der Waals surface area contributed by atoms with Crippen molar-refractivity contribution in [2.45, 2.75) is 19.3 Å². The highest BCUT2D eigenvalue weighted by Crippen LogP contribution is 2.51. The minimum absolute atomic E-state index is 0.105. The predicted octanol–water partition coefficient (Wildman–Crippen LogP) is 12.9. The van der Waals surface area contributed by atoms with Gasteiger partial charge in [-0.25, -0.2) is 0 Å². The van der Waals surface area contributed by atoms with Crippen LogP contribution in [0.5, 0.6) is 0 Å². The maximum Gasteiger partial charge on any atom is 0.137 e.